The van der Waals surface area contributed by atoms with Crippen LogP contribution in [0.4, 0.5) is 5.69 Å². The monoisotopic (exact) mass is 447 g/mol. The maximum Gasteiger partial charge on any atom is 0.249 e. The largest absolute Gasteiger partial charge is 0.384 e. The fourth-order valence-electron chi connectivity index (χ4n) is 4.16. The van der Waals surface area contributed by atoms with Gasteiger partial charge in [0.2, 0.25) is 11.8 Å². The van der Waals surface area contributed by atoms with E-state index in [0.717, 1.165) is 54.0 Å². The smallest absolute Gasteiger partial charge is 0.249 e. The average molecular weight is 448 g/mol. The predicted octanol–water partition coefficient (Wildman–Crippen LogP) is 2.27. The number of aromatic nitrogens is 2. The normalized spacial score (nSPS) is 14.3. The zero-order valence-corrected chi connectivity index (χ0v) is 18.9. The minimum absolute atomic E-state index is 0.0356. The van der Waals surface area contributed by atoms with E-state index < -0.39 is 6.04 Å². The van der Waals surface area contributed by atoms with Crippen LogP contribution in [-0.4, -0.2) is 45.2 Å². The van der Waals surface area contributed by atoms with Gasteiger partial charge in [0.15, 0.2) is 0 Å². The van der Waals surface area contributed by atoms with E-state index in [0.29, 0.717) is 12.1 Å². The third kappa shape index (κ3) is 4.82. The fourth-order valence-corrected chi connectivity index (χ4v) is 4.16. The molecule has 0 bridgehead atoms. The summed E-state index contributed by atoms with van der Waals surface area (Å²) in [6.45, 7) is 3.38. The number of nitrogen functional groups attached to an aromatic ring is 1. The Morgan fingerprint density at radius 2 is 1.85 bits per heavy atom. The van der Waals surface area contributed by atoms with Gasteiger partial charge in [-0.1, -0.05) is 6.07 Å². The second-order valence-electron chi connectivity index (χ2n) is 8.35. The molecule has 1 aromatic heterocycles. The lowest BCUT2D eigenvalue weighted by atomic mass is 10.0. The number of anilines is 1. The number of amidine groups is 1. The quantitative estimate of drug-likeness (QED) is 0.326. The number of hydrogen-bond donors (Lipinski definition) is 4. The molecule has 2 aromatic carbocycles. The second kappa shape index (κ2) is 9.32. The van der Waals surface area contributed by atoms with Crippen LogP contribution in [0.5, 0.6) is 0 Å². The minimum Gasteiger partial charge on any atom is -0.384 e. The van der Waals surface area contributed by atoms with Crippen LogP contribution in [0, 0.1) is 5.41 Å². The highest BCUT2D eigenvalue weighted by Crippen LogP contribution is 2.24. The van der Waals surface area contributed by atoms with Crippen LogP contribution in [0.25, 0.3) is 11.0 Å². The van der Waals surface area contributed by atoms with Gasteiger partial charge in [0.05, 0.1) is 17.6 Å². The molecule has 0 saturated carbocycles. The number of nitrogens with two attached hydrogens (primary N) is 1. The summed E-state index contributed by atoms with van der Waals surface area (Å²) in [6, 6.07) is 12.3. The molecule has 2 heterocycles. The van der Waals surface area contributed by atoms with Crippen molar-refractivity contribution in [2.24, 2.45) is 12.8 Å². The van der Waals surface area contributed by atoms with Crippen molar-refractivity contribution in [3.63, 3.8) is 0 Å². The van der Waals surface area contributed by atoms with E-state index in [1.54, 1.807) is 12.1 Å². The third-order valence-electron chi connectivity index (χ3n) is 5.99. The predicted molar refractivity (Wildman–Crippen MR) is 128 cm³/mol. The first kappa shape index (κ1) is 22.3. The van der Waals surface area contributed by atoms with Gasteiger partial charge in [0.25, 0.3) is 0 Å². The summed E-state index contributed by atoms with van der Waals surface area (Å²) >= 11 is 0. The van der Waals surface area contributed by atoms with Crippen LogP contribution in [0.2, 0.25) is 0 Å². The van der Waals surface area contributed by atoms with Crippen LogP contribution in [0.1, 0.15) is 42.8 Å². The van der Waals surface area contributed by atoms with Crippen LogP contribution in [0.15, 0.2) is 42.5 Å². The van der Waals surface area contributed by atoms with Gasteiger partial charge in [-0.3, -0.25) is 15.0 Å². The Hall–Kier alpha value is -3.88. The summed E-state index contributed by atoms with van der Waals surface area (Å²) in [5.74, 6) is 0.552. The van der Waals surface area contributed by atoms with Gasteiger partial charge in [-0.15, -0.1) is 0 Å². The minimum atomic E-state index is -0.714. The van der Waals surface area contributed by atoms with Crippen molar-refractivity contribution in [2.45, 2.75) is 32.4 Å². The number of nitrogens with zero attached hydrogens (tertiary/aromatic N) is 3. The van der Waals surface area contributed by atoms with E-state index in [-0.39, 0.29) is 17.6 Å². The molecule has 172 valence electrons. The van der Waals surface area contributed by atoms with Crippen LogP contribution in [0.3, 0.4) is 0 Å². The number of likely N-dealkylation sites (tertiary alicyclic amines) is 1. The third-order valence-corrected chi connectivity index (χ3v) is 5.99. The highest BCUT2D eigenvalue weighted by Gasteiger charge is 2.29. The molecule has 1 aliphatic rings. The first-order valence-corrected chi connectivity index (χ1v) is 11.0. The van der Waals surface area contributed by atoms with Crippen LogP contribution < -0.4 is 16.4 Å². The molecule has 2 amide bonds. The Bertz CT molecular complexity index is 1190. The summed E-state index contributed by atoms with van der Waals surface area (Å²) in [4.78, 5) is 31.5. The first-order valence-electron chi connectivity index (χ1n) is 11.0. The first-order chi connectivity index (χ1) is 15.8. The Balaban J connectivity index is 1.56. The molecule has 9 nitrogen and oxygen atoms in total. The number of carbonyl (C=O) groups excluding carboxylic acids is 2. The zero-order chi connectivity index (χ0) is 23.5. The van der Waals surface area contributed by atoms with Gasteiger partial charge in [-0.2, -0.15) is 0 Å². The molecule has 0 spiro atoms. The lowest BCUT2D eigenvalue weighted by Gasteiger charge is -2.24. The Morgan fingerprint density at radius 3 is 2.48 bits per heavy atom. The van der Waals surface area contributed by atoms with Crippen LogP contribution >= 0.6 is 0 Å². The highest BCUT2D eigenvalue weighted by molar-refractivity contribution is 5.95. The molecular formula is C24H29N7O2. The molecule has 1 fully saturated rings. The van der Waals surface area contributed by atoms with Gasteiger partial charge in [0, 0.05) is 38.3 Å². The van der Waals surface area contributed by atoms with Crippen LogP contribution in [-0.2, 0) is 23.2 Å². The van der Waals surface area contributed by atoms with Crippen molar-refractivity contribution in [3.8, 4) is 0 Å². The summed E-state index contributed by atoms with van der Waals surface area (Å²) in [5, 5.41) is 13.6. The van der Waals surface area contributed by atoms with E-state index in [1.165, 1.54) is 6.92 Å². The van der Waals surface area contributed by atoms with E-state index in [2.05, 4.69) is 10.6 Å². The van der Waals surface area contributed by atoms with Gasteiger partial charge in [0.1, 0.15) is 17.7 Å². The zero-order valence-electron chi connectivity index (χ0n) is 18.9. The molecule has 1 atom stereocenters. The highest BCUT2D eigenvalue weighted by atomic mass is 16.2. The topological polar surface area (TPSA) is 129 Å². The number of fused-ring (bicyclic) bond motifs is 1. The number of hydrogen-bond acceptors (Lipinski definition) is 5. The van der Waals surface area contributed by atoms with Crippen molar-refractivity contribution in [3.05, 3.63) is 59.4 Å². The number of aryl methyl sites for hydroxylation is 1. The average Bonchev–Trinajstić information content (AvgIpc) is 3.44. The van der Waals surface area contributed by atoms with Gasteiger partial charge in [-0.25, -0.2) is 4.98 Å². The number of imidazole rings is 1. The lowest BCUT2D eigenvalue weighted by molar-refractivity contribution is -0.135. The number of rotatable bonds is 7. The molecule has 1 saturated heterocycles. The van der Waals surface area contributed by atoms with Crippen molar-refractivity contribution in [2.75, 3.05) is 18.4 Å². The van der Waals surface area contributed by atoms with Crippen molar-refractivity contribution in [1.29, 1.82) is 5.41 Å². The van der Waals surface area contributed by atoms with Crippen molar-refractivity contribution < 1.29 is 9.59 Å². The Morgan fingerprint density at radius 1 is 1.15 bits per heavy atom. The van der Waals surface area contributed by atoms with E-state index in [1.807, 2.05) is 46.8 Å². The molecule has 0 aliphatic carbocycles. The second-order valence-corrected chi connectivity index (χ2v) is 8.35. The summed E-state index contributed by atoms with van der Waals surface area (Å²) in [5.41, 5.74) is 9.52. The molecular weight excluding hydrogens is 418 g/mol. The van der Waals surface area contributed by atoms with E-state index in [9.17, 15) is 9.59 Å². The van der Waals surface area contributed by atoms with E-state index in [4.69, 9.17) is 16.1 Å². The van der Waals surface area contributed by atoms with Gasteiger partial charge in [-0.05, 0) is 54.8 Å². The molecule has 1 aliphatic heterocycles. The van der Waals surface area contributed by atoms with Gasteiger partial charge < -0.3 is 25.8 Å². The maximum atomic E-state index is 13.1. The summed E-state index contributed by atoms with van der Waals surface area (Å²) < 4.78 is 2.01. The molecule has 5 N–H and O–H groups in total. The summed E-state index contributed by atoms with van der Waals surface area (Å²) in [6.07, 6.45) is 1.98. The molecule has 9 heteroatoms. The number of nitrogens with one attached hydrogen (secondary N) is 3. The van der Waals surface area contributed by atoms with E-state index >= 15 is 0 Å². The Labute approximate surface area is 192 Å². The molecule has 33 heavy (non-hydrogen) atoms. The Kier molecular flexibility index (Phi) is 6.30. The SMILES string of the molecule is CC(=O)NC(C(=O)N1CCCC1)c1ccc2c(c1)nc(CNc1ccc(C(=N)N)cc1)n2C. The summed E-state index contributed by atoms with van der Waals surface area (Å²) in [7, 11) is 1.95. The molecule has 4 rings (SSSR count). The number of benzene rings is 2. The fraction of sp³-hybridized carbons (Fsp3) is 0.333. The number of amides is 2. The standard InChI is InChI=1S/C24H29N7O2/c1-15(32)28-22(24(33)31-11-3-4-12-31)17-7-10-20-19(13-17)29-21(30(20)2)14-27-18-8-5-16(6-9-18)23(25)26/h5-10,13,22,27H,3-4,11-12,14H2,1-2H3,(H3,25,26)(H,28,32). The van der Waals surface area contributed by atoms with Crippen molar-refractivity contribution in [1.82, 2.24) is 19.8 Å². The molecule has 1 unspecified atom stereocenters. The lowest BCUT2D eigenvalue weighted by Crippen LogP contribution is -2.41. The molecule has 3 aromatic rings. The maximum absolute atomic E-state index is 13.1. The van der Waals surface area contributed by atoms with Gasteiger partial charge >= 0.3 is 0 Å². The molecule has 0 radical (unpaired) electrons. The number of carbonyl (C=O) groups is 2. The van der Waals surface area contributed by atoms with Crippen molar-refractivity contribution >= 4 is 34.4 Å².